The molecule has 1 aliphatic carbocycles. The highest BCUT2D eigenvalue weighted by molar-refractivity contribution is 8.00. The number of nitrogens with zero attached hydrogens (tertiary/aromatic N) is 1. The number of nitrogens with one attached hydrogen (secondary N) is 1. The molecule has 0 spiro atoms. The van der Waals surface area contributed by atoms with Crippen LogP contribution in [-0.2, 0) is 4.79 Å². The predicted molar refractivity (Wildman–Crippen MR) is 83.8 cm³/mol. The average molecular weight is 290 g/mol. The Kier molecular flexibility index (Phi) is 4.32. The van der Waals surface area contributed by atoms with Crippen LogP contribution in [0.5, 0.6) is 0 Å². The van der Waals surface area contributed by atoms with Gasteiger partial charge in [0.25, 0.3) is 0 Å². The SMILES string of the molecule is C[C@H]1SCCN(CC(=O)NC2CC2)[C@@H]1c1ccccc1. The fraction of sp³-hybridized carbons (Fsp3) is 0.562. The van der Waals surface area contributed by atoms with Crippen molar-refractivity contribution < 1.29 is 4.79 Å². The molecule has 3 nitrogen and oxygen atoms in total. The van der Waals surface area contributed by atoms with Crippen molar-refractivity contribution in [1.82, 2.24) is 10.2 Å². The van der Waals surface area contributed by atoms with E-state index < -0.39 is 0 Å². The van der Waals surface area contributed by atoms with Crippen LogP contribution in [0.15, 0.2) is 30.3 Å². The molecule has 2 aliphatic rings. The van der Waals surface area contributed by atoms with Gasteiger partial charge in [-0.05, 0) is 18.4 Å². The number of hydrogen-bond donors (Lipinski definition) is 1. The van der Waals surface area contributed by atoms with Crippen LogP contribution < -0.4 is 5.32 Å². The lowest BCUT2D eigenvalue weighted by Gasteiger charge is -2.39. The number of rotatable bonds is 4. The molecule has 1 amide bonds. The second-order valence-corrected chi connectivity index (χ2v) is 7.23. The first-order valence-corrected chi connectivity index (χ1v) is 8.49. The van der Waals surface area contributed by atoms with E-state index >= 15 is 0 Å². The highest BCUT2D eigenvalue weighted by Gasteiger charge is 2.32. The Labute approximate surface area is 125 Å². The van der Waals surface area contributed by atoms with Gasteiger partial charge < -0.3 is 5.32 Å². The molecule has 0 bridgehead atoms. The monoisotopic (exact) mass is 290 g/mol. The van der Waals surface area contributed by atoms with Gasteiger partial charge in [-0.25, -0.2) is 0 Å². The maximum atomic E-state index is 12.1. The minimum absolute atomic E-state index is 0.188. The van der Waals surface area contributed by atoms with Crippen LogP contribution in [0.1, 0.15) is 31.4 Å². The Balaban J connectivity index is 1.70. The van der Waals surface area contributed by atoms with E-state index in [1.807, 2.05) is 17.8 Å². The Bertz CT molecular complexity index is 461. The van der Waals surface area contributed by atoms with Gasteiger partial charge in [0, 0.05) is 29.6 Å². The molecule has 1 saturated carbocycles. The minimum Gasteiger partial charge on any atom is -0.352 e. The third-order valence-corrected chi connectivity index (χ3v) is 5.23. The topological polar surface area (TPSA) is 32.3 Å². The summed E-state index contributed by atoms with van der Waals surface area (Å²) in [5, 5.41) is 3.63. The number of amides is 1. The molecule has 0 unspecified atom stereocenters. The first-order chi connectivity index (χ1) is 9.74. The molecule has 3 rings (SSSR count). The lowest BCUT2D eigenvalue weighted by Crippen LogP contribution is -2.46. The Morgan fingerprint density at radius 3 is 2.80 bits per heavy atom. The largest absolute Gasteiger partial charge is 0.352 e. The van der Waals surface area contributed by atoms with Gasteiger partial charge in [0.15, 0.2) is 0 Å². The zero-order valence-electron chi connectivity index (χ0n) is 11.9. The molecule has 20 heavy (non-hydrogen) atoms. The van der Waals surface area contributed by atoms with Gasteiger partial charge in [-0.15, -0.1) is 0 Å². The van der Waals surface area contributed by atoms with Crippen molar-refractivity contribution in [1.29, 1.82) is 0 Å². The highest BCUT2D eigenvalue weighted by Crippen LogP contribution is 2.35. The van der Waals surface area contributed by atoms with E-state index in [2.05, 4.69) is 41.4 Å². The van der Waals surface area contributed by atoms with Gasteiger partial charge in [-0.1, -0.05) is 37.3 Å². The van der Waals surface area contributed by atoms with Gasteiger partial charge in [0.1, 0.15) is 0 Å². The molecular weight excluding hydrogens is 268 g/mol. The van der Waals surface area contributed by atoms with E-state index in [9.17, 15) is 4.79 Å². The summed E-state index contributed by atoms with van der Waals surface area (Å²) in [5.41, 5.74) is 1.33. The van der Waals surface area contributed by atoms with Crippen molar-refractivity contribution in [3.63, 3.8) is 0 Å². The summed E-state index contributed by atoms with van der Waals surface area (Å²) in [6, 6.07) is 11.4. The van der Waals surface area contributed by atoms with Crippen LogP contribution >= 0.6 is 11.8 Å². The van der Waals surface area contributed by atoms with Gasteiger partial charge in [0.2, 0.25) is 5.91 Å². The van der Waals surface area contributed by atoms with Gasteiger partial charge in [-0.2, -0.15) is 11.8 Å². The zero-order valence-corrected chi connectivity index (χ0v) is 12.7. The normalized spacial score (nSPS) is 27.2. The van der Waals surface area contributed by atoms with Gasteiger partial charge in [-0.3, -0.25) is 9.69 Å². The maximum Gasteiger partial charge on any atom is 0.234 e. The molecule has 0 radical (unpaired) electrons. The minimum atomic E-state index is 0.188. The molecule has 1 aromatic carbocycles. The molecule has 2 atom stereocenters. The molecule has 2 fully saturated rings. The number of hydrogen-bond acceptors (Lipinski definition) is 3. The lowest BCUT2D eigenvalue weighted by atomic mass is 10.0. The van der Waals surface area contributed by atoms with Crippen molar-refractivity contribution in [3.8, 4) is 0 Å². The second kappa shape index (κ2) is 6.19. The van der Waals surface area contributed by atoms with Crippen molar-refractivity contribution in [2.24, 2.45) is 0 Å². The molecule has 108 valence electrons. The van der Waals surface area contributed by atoms with E-state index in [0.717, 1.165) is 25.1 Å². The van der Waals surface area contributed by atoms with E-state index in [-0.39, 0.29) is 5.91 Å². The van der Waals surface area contributed by atoms with E-state index in [4.69, 9.17) is 0 Å². The summed E-state index contributed by atoms with van der Waals surface area (Å²) < 4.78 is 0. The maximum absolute atomic E-state index is 12.1. The molecular formula is C16H22N2OS. The van der Waals surface area contributed by atoms with Gasteiger partial charge in [0.05, 0.1) is 6.54 Å². The van der Waals surface area contributed by atoms with Crippen molar-refractivity contribution in [2.45, 2.75) is 37.1 Å². The fourth-order valence-electron chi connectivity index (χ4n) is 2.88. The Morgan fingerprint density at radius 2 is 2.10 bits per heavy atom. The summed E-state index contributed by atoms with van der Waals surface area (Å²) in [7, 11) is 0. The standard InChI is InChI=1S/C16H22N2OS/c1-12-16(13-5-3-2-4-6-13)18(9-10-20-12)11-15(19)17-14-7-8-14/h2-6,12,14,16H,7-11H2,1H3,(H,17,19)/t12-,16+/m1/s1. The van der Waals surface area contributed by atoms with E-state index in [0.29, 0.717) is 23.9 Å². The molecule has 1 heterocycles. The third-order valence-electron chi connectivity index (χ3n) is 4.03. The molecule has 1 aromatic rings. The molecule has 1 N–H and O–H groups in total. The summed E-state index contributed by atoms with van der Waals surface area (Å²) in [5.74, 6) is 1.30. The summed E-state index contributed by atoms with van der Waals surface area (Å²) >= 11 is 2.00. The summed E-state index contributed by atoms with van der Waals surface area (Å²) in [4.78, 5) is 14.4. The van der Waals surface area contributed by atoms with Crippen LogP contribution in [-0.4, -0.2) is 40.9 Å². The van der Waals surface area contributed by atoms with Crippen molar-refractivity contribution in [2.75, 3.05) is 18.8 Å². The number of carbonyl (C=O) groups is 1. The van der Waals surface area contributed by atoms with Crippen LogP contribution in [0, 0.1) is 0 Å². The fourth-order valence-corrected chi connectivity index (χ4v) is 4.10. The van der Waals surface area contributed by atoms with Crippen LogP contribution in [0.25, 0.3) is 0 Å². The average Bonchev–Trinajstić information content (AvgIpc) is 3.23. The van der Waals surface area contributed by atoms with Crippen LogP contribution in [0.3, 0.4) is 0 Å². The third kappa shape index (κ3) is 3.36. The smallest absolute Gasteiger partial charge is 0.234 e. The molecule has 4 heteroatoms. The first kappa shape index (κ1) is 14.0. The molecule has 0 aromatic heterocycles. The molecule has 1 aliphatic heterocycles. The number of benzene rings is 1. The van der Waals surface area contributed by atoms with Crippen LogP contribution in [0.4, 0.5) is 0 Å². The predicted octanol–water partition coefficient (Wildman–Crippen LogP) is 2.44. The zero-order chi connectivity index (χ0) is 13.9. The lowest BCUT2D eigenvalue weighted by molar-refractivity contribution is -0.123. The van der Waals surface area contributed by atoms with E-state index in [1.165, 1.54) is 5.56 Å². The highest BCUT2D eigenvalue weighted by atomic mass is 32.2. The summed E-state index contributed by atoms with van der Waals surface area (Å²) in [6.45, 7) is 3.79. The van der Waals surface area contributed by atoms with Gasteiger partial charge >= 0.3 is 0 Å². The molecule has 1 saturated heterocycles. The number of carbonyl (C=O) groups excluding carboxylic acids is 1. The second-order valence-electron chi connectivity index (χ2n) is 5.74. The van der Waals surface area contributed by atoms with Crippen molar-refractivity contribution in [3.05, 3.63) is 35.9 Å². The van der Waals surface area contributed by atoms with Crippen molar-refractivity contribution >= 4 is 17.7 Å². The van der Waals surface area contributed by atoms with Crippen LogP contribution in [0.2, 0.25) is 0 Å². The number of thioether (sulfide) groups is 1. The summed E-state index contributed by atoms with van der Waals surface area (Å²) in [6.07, 6.45) is 2.31. The Hall–Kier alpha value is -1.00. The quantitative estimate of drug-likeness (QED) is 0.924. The Morgan fingerprint density at radius 1 is 1.35 bits per heavy atom. The first-order valence-electron chi connectivity index (χ1n) is 7.44. The van der Waals surface area contributed by atoms with E-state index in [1.54, 1.807) is 0 Å².